The Bertz CT molecular complexity index is 1460. The van der Waals surface area contributed by atoms with Gasteiger partial charge < -0.3 is 14.2 Å². The zero-order chi connectivity index (χ0) is 52.3. The highest BCUT2D eigenvalue weighted by Gasteiger charge is 2.15. The smallest absolute Gasteiger partial charge is 0.123 e. The third kappa shape index (κ3) is 39.6. The molecule has 0 aliphatic rings. The molecule has 0 fully saturated rings. The van der Waals surface area contributed by atoms with Crippen LogP contribution in [-0.2, 0) is 0 Å². The number of unbranched alkanes of at least 4 members (excludes halogenated alkanes) is 32. The first-order valence-corrected chi connectivity index (χ1v) is 32.9. The summed E-state index contributed by atoms with van der Waals surface area (Å²) >= 11 is 0. The molecule has 2 rings (SSSR count). The molecule has 0 spiro atoms. The summed E-state index contributed by atoms with van der Waals surface area (Å²) in [6, 6.07) is 15.5. The minimum atomic E-state index is 0.605. The van der Waals surface area contributed by atoms with E-state index in [2.05, 4.69) is 96.2 Å². The minimum absolute atomic E-state index is 0.605. The summed E-state index contributed by atoms with van der Waals surface area (Å²) in [6.07, 6.45) is 64.1. The average molecular weight is 1010 g/mol. The maximum Gasteiger partial charge on any atom is 0.123 e. The molecule has 3 unspecified atom stereocenters. The standard InChI is InChI=1S/C70H124O3/c1-7-13-19-24-29-32-37-42-46-64(45-18-12-6)61-72-69-57-67(58-70(59-69)73-62-66(49-41-36-28-23-17-11-5)50-44-39-34-31-26-21-15-9-3)52-51-63-53-55-68(56-54-63)71-60-65(47-40-35-27-22-16-10-4)48-43-38-33-30-25-20-14-8-2/h51-59,64-66H,7-50,60-62H2,1-6H3/b52-51+. The van der Waals surface area contributed by atoms with E-state index >= 15 is 0 Å². The lowest BCUT2D eigenvalue weighted by atomic mass is 9.94. The fourth-order valence-electron chi connectivity index (χ4n) is 10.9. The van der Waals surface area contributed by atoms with Gasteiger partial charge in [0.25, 0.3) is 0 Å². The number of hydrogen-bond acceptors (Lipinski definition) is 3. The van der Waals surface area contributed by atoms with Crippen LogP contribution in [0.1, 0.15) is 335 Å². The molecule has 0 radical (unpaired) electrons. The molecule has 0 saturated carbocycles. The van der Waals surface area contributed by atoms with Crippen molar-refractivity contribution in [2.24, 2.45) is 17.8 Å². The van der Waals surface area contributed by atoms with Gasteiger partial charge in [0.1, 0.15) is 17.2 Å². The van der Waals surface area contributed by atoms with E-state index in [1.165, 1.54) is 288 Å². The lowest BCUT2D eigenvalue weighted by Crippen LogP contribution is -2.14. The normalized spacial score (nSPS) is 13.0. The Morgan fingerprint density at radius 2 is 0.507 bits per heavy atom. The molecule has 0 aliphatic carbocycles. The van der Waals surface area contributed by atoms with E-state index in [1.54, 1.807) is 0 Å². The van der Waals surface area contributed by atoms with Crippen molar-refractivity contribution < 1.29 is 14.2 Å². The first-order valence-electron chi connectivity index (χ1n) is 32.9. The zero-order valence-electron chi connectivity index (χ0n) is 49.9. The summed E-state index contributed by atoms with van der Waals surface area (Å²) in [7, 11) is 0. The molecular weight excluding hydrogens is 889 g/mol. The van der Waals surface area contributed by atoms with Crippen molar-refractivity contribution in [1.29, 1.82) is 0 Å². The second-order valence-corrected chi connectivity index (χ2v) is 23.2. The van der Waals surface area contributed by atoms with Crippen molar-refractivity contribution in [3.05, 3.63) is 53.6 Å². The van der Waals surface area contributed by atoms with Gasteiger partial charge in [-0.3, -0.25) is 0 Å². The summed E-state index contributed by atoms with van der Waals surface area (Å²) in [5, 5.41) is 0. The van der Waals surface area contributed by atoms with Crippen LogP contribution in [0.25, 0.3) is 12.2 Å². The third-order valence-corrected chi connectivity index (χ3v) is 16.0. The van der Waals surface area contributed by atoms with E-state index < -0.39 is 0 Å². The van der Waals surface area contributed by atoms with Crippen LogP contribution < -0.4 is 14.2 Å². The van der Waals surface area contributed by atoms with Gasteiger partial charge in [-0.1, -0.05) is 310 Å². The Morgan fingerprint density at radius 3 is 0.808 bits per heavy atom. The summed E-state index contributed by atoms with van der Waals surface area (Å²) in [5.74, 6) is 4.78. The zero-order valence-corrected chi connectivity index (χ0v) is 49.9. The van der Waals surface area contributed by atoms with Crippen LogP contribution in [0.3, 0.4) is 0 Å². The van der Waals surface area contributed by atoms with Crippen molar-refractivity contribution in [1.82, 2.24) is 0 Å². The number of benzene rings is 2. The summed E-state index contributed by atoms with van der Waals surface area (Å²) < 4.78 is 20.2. The lowest BCUT2D eigenvalue weighted by Gasteiger charge is -2.20. The highest BCUT2D eigenvalue weighted by atomic mass is 16.5. The van der Waals surface area contributed by atoms with Gasteiger partial charge in [0, 0.05) is 6.07 Å². The van der Waals surface area contributed by atoms with E-state index in [0.717, 1.165) is 42.6 Å². The van der Waals surface area contributed by atoms with Gasteiger partial charge in [-0.25, -0.2) is 0 Å². The van der Waals surface area contributed by atoms with Crippen LogP contribution in [0.2, 0.25) is 0 Å². The van der Waals surface area contributed by atoms with Crippen LogP contribution in [0.5, 0.6) is 17.2 Å². The molecule has 0 N–H and O–H groups in total. The van der Waals surface area contributed by atoms with Crippen molar-refractivity contribution in [3.8, 4) is 17.2 Å². The van der Waals surface area contributed by atoms with E-state index in [-0.39, 0.29) is 0 Å². The van der Waals surface area contributed by atoms with Crippen LogP contribution >= 0.6 is 0 Å². The lowest BCUT2D eigenvalue weighted by molar-refractivity contribution is 0.215. The van der Waals surface area contributed by atoms with Crippen LogP contribution in [0.15, 0.2) is 42.5 Å². The molecule has 2 aromatic rings. The largest absolute Gasteiger partial charge is 0.493 e. The second-order valence-electron chi connectivity index (χ2n) is 23.2. The Balaban J connectivity index is 2.19. The van der Waals surface area contributed by atoms with E-state index in [9.17, 15) is 0 Å². The summed E-state index contributed by atoms with van der Waals surface area (Å²) in [6.45, 7) is 16.3. The van der Waals surface area contributed by atoms with Crippen LogP contribution in [-0.4, -0.2) is 19.8 Å². The van der Waals surface area contributed by atoms with Crippen molar-refractivity contribution in [3.63, 3.8) is 0 Å². The van der Waals surface area contributed by atoms with Gasteiger partial charge in [0.15, 0.2) is 0 Å². The van der Waals surface area contributed by atoms with Gasteiger partial charge in [-0.05, 0) is 91.7 Å². The highest BCUT2D eigenvalue weighted by Crippen LogP contribution is 2.30. The maximum atomic E-state index is 6.85. The quantitative estimate of drug-likeness (QED) is 0.0488. The number of rotatable bonds is 55. The van der Waals surface area contributed by atoms with Gasteiger partial charge in [-0.15, -0.1) is 0 Å². The predicted octanol–water partition coefficient (Wildman–Crippen LogP) is 24.1. The Kier molecular flexibility index (Phi) is 46.0. The average Bonchev–Trinajstić information content (AvgIpc) is 3.41. The third-order valence-electron chi connectivity index (χ3n) is 16.0. The van der Waals surface area contributed by atoms with E-state index in [4.69, 9.17) is 14.2 Å². The molecule has 0 amide bonds. The molecular formula is C70H124O3. The van der Waals surface area contributed by atoms with Crippen molar-refractivity contribution in [2.75, 3.05) is 19.8 Å². The molecule has 3 nitrogen and oxygen atoms in total. The summed E-state index contributed by atoms with van der Waals surface area (Å²) in [4.78, 5) is 0. The summed E-state index contributed by atoms with van der Waals surface area (Å²) in [5.41, 5.74) is 2.34. The maximum absolute atomic E-state index is 6.85. The molecule has 0 aromatic heterocycles. The highest BCUT2D eigenvalue weighted by molar-refractivity contribution is 5.71. The molecule has 3 heteroatoms. The van der Waals surface area contributed by atoms with E-state index in [0.29, 0.717) is 17.8 Å². The van der Waals surface area contributed by atoms with Crippen LogP contribution in [0, 0.1) is 17.8 Å². The molecule has 2 aromatic carbocycles. The van der Waals surface area contributed by atoms with Crippen molar-refractivity contribution >= 4 is 12.2 Å². The van der Waals surface area contributed by atoms with E-state index in [1.807, 2.05) is 0 Å². The first kappa shape index (κ1) is 66.7. The molecule has 0 bridgehead atoms. The molecule has 0 saturated heterocycles. The number of ether oxygens (including phenoxy) is 3. The molecule has 0 aliphatic heterocycles. The monoisotopic (exact) mass is 1010 g/mol. The molecule has 422 valence electrons. The second kappa shape index (κ2) is 50.4. The van der Waals surface area contributed by atoms with Gasteiger partial charge in [0.05, 0.1) is 19.8 Å². The molecule has 0 heterocycles. The Labute approximate surface area is 456 Å². The Morgan fingerprint density at radius 1 is 0.260 bits per heavy atom. The number of hydrogen-bond donors (Lipinski definition) is 0. The Hall–Kier alpha value is -2.42. The van der Waals surface area contributed by atoms with Gasteiger partial charge in [0.2, 0.25) is 0 Å². The van der Waals surface area contributed by atoms with Crippen LogP contribution in [0.4, 0.5) is 0 Å². The topological polar surface area (TPSA) is 27.7 Å². The van der Waals surface area contributed by atoms with Gasteiger partial charge >= 0.3 is 0 Å². The SMILES string of the molecule is CCCCCCCCCCC(CCCC)COc1cc(/C=C/c2ccc(OCC(CCCCCCCC)CCCCCCCCCC)cc2)cc(OCC(CCCCCCCC)CCCCCCCCCC)c1. The first-order chi connectivity index (χ1) is 36.0. The fourth-order valence-corrected chi connectivity index (χ4v) is 10.9. The molecule has 3 atom stereocenters. The molecule has 73 heavy (non-hydrogen) atoms. The van der Waals surface area contributed by atoms with Crippen molar-refractivity contribution in [2.45, 2.75) is 324 Å². The minimum Gasteiger partial charge on any atom is -0.493 e. The predicted molar refractivity (Wildman–Crippen MR) is 326 cm³/mol. The van der Waals surface area contributed by atoms with Gasteiger partial charge in [-0.2, -0.15) is 0 Å². The fraction of sp³-hybridized carbons (Fsp3) is 0.800.